The van der Waals surface area contributed by atoms with Crippen LogP contribution in [0.3, 0.4) is 0 Å². The molecule has 0 aliphatic heterocycles. The second-order valence-electron chi connectivity index (χ2n) is 7.30. The number of hydrogen-bond acceptors (Lipinski definition) is 5. The van der Waals surface area contributed by atoms with Gasteiger partial charge in [0, 0.05) is 17.6 Å². The molecule has 1 amide bonds. The van der Waals surface area contributed by atoms with Crippen LogP contribution >= 0.6 is 23.1 Å². The number of anilines is 1. The van der Waals surface area contributed by atoms with E-state index in [4.69, 9.17) is 4.98 Å². The van der Waals surface area contributed by atoms with Gasteiger partial charge in [-0.2, -0.15) is 0 Å². The highest BCUT2D eigenvalue weighted by atomic mass is 32.2. The lowest BCUT2D eigenvalue weighted by Crippen LogP contribution is -2.22. The van der Waals surface area contributed by atoms with Gasteiger partial charge in [-0.1, -0.05) is 23.9 Å². The van der Waals surface area contributed by atoms with E-state index in [1.54, 1.807) is 23.0 Å². The summed E-state index contributed by atoms with van der Waals surface area (Å²) in [5.41, 5.74) is 4.16. The van der Waals surface area contributed by atoms with Crippen LogP contribution in [0.2, 0.25) is 0 Å². The van der Waals surface area contributed by atoms with Crippen LogP contribution in [0.5, 0.6) is 0 Å². The number of nitrogens with one attached hydrogen (secondary N) is 1. The first-order valence-corrected chi connectivity index (χ1v) is 11.3. The van der Waals surface area contributed by atoms with Gasteiger partial charge in [-0.25, -0.2) is 4.98 Å². The lowest BCUT2D eigenvalue weighted by molar-refractivity contribution is -0.113. The molecule has 1 aromatic carbocycles. The number of hydrogen-bond donors (Lipinski definition) is 1. The van der Waals surface area contributed by atoms with Crippen molar-refractivity contribution in [2.75, 3.05) is 11.1 Å². The van der Waals surface area contributed by atoms with Gasteiger partial charge in [-0.05, 0) is 62.3 Å². The summed E-state index contributed by atoms with van der Waals surface area (Å²) < 4.78 is 1.58. The number of nitrogens with zero attached hydrogens (tertiary/aromatic N) is 2. The minimum atomic E-state index is -0.0986. The molecule has 4 rings (SSSR count). The molecule has 2 aromatic heterocycles. The molecule has 0 unspecified atom stereocenters. The molecule has 7 heteroatoms. The summed E-state index contributed by atoms with van der Waals surface area (Å²) in [6, 6.07) is 5.99. The summed E-state index contributed by atoms with van der Waals surface area (Å²) >= 11 is 2.94. The zero-order chi connectivity index (χ0) is 19.8. The molecule has 0 atom stereocenters. The summed E-state index contributed by atoms with van der Waals surface area (Å²) in [4.78, 5) is 32.2. The minimum absolute atomic E-state index is 0.00170. The molecular formula is C21H23N3O2S2. The maximum absolute atomic E-state index is 12.9. The van der Waals surface area contributed by atoms with Crippen LogP contribution in [0, 0.1) is 13.8 Å². The van der Waals surface area contributed by atoms with Crippen molar-refractivity contribution in [2.24, 2.45) is 7.05 Å². The van der Waals surface area contributed by atoms with Crippen LogP contribution in [-0.2, 0) is 24.7 Å². The fraction of sp³-hybridized carbons (Fsp3) is 0.381. The first-order valence-electron chi connectivity index (χ1n) is 9.45. The van der Waals surface area contributed by atoms with Crippen LogP contribution < -0.4 is 10.9 Å². The van der Waals surface area contributed by atoms with Crippen LogP contribution in [0.1, 0.15) is 34.4 Å². The first kappa shape index (κ1) is 19.2. The monoisotopic (exact) mass is 413 g/mol. The summed E-state index contributed by atoms with van der Waals surface area (Å²) in [6.07, 6.45) is 4.33. The SMILES string of the molecule is Cc1ccc(C)c(NC(=O)CSc2nc3sc4c(c3c(=O)n2C)CCCC4)c1. The summed E-state index contributed by atoms with van der Waals surface area (Å²) in [5.74, 6) is 0.114. The predicted molar refractivity (Wildman–Crippen MR) is 117 cm³/mol. The zero-order valence-electron chi connectivity index (χ0n) is 16.3. The number of benzene rings is 1. The number of thiophene rings is 1. The number of amides is 1. The molecule has 0 fully saturated rings. The maximum atomic E-state index is 12.9. The molecule has 0 saturated heterocycles. The van der Waals surface area contributed by atoms with Gasteiger partial charge in [0.2, 0.25) is 5.91 Å². The molecule has 146 valence electrons. The average Bonchev–Trinajstić information content (AvgIpc) is 3.05. The third-order valence-corrected chi connectivity index (χ3v) is 7.37. The van der Waals surface area contributed by atoms with E-state index in [1.165, 1.54) is 28.6 Å². The molecule has 0 bridgehead atoms. The van der Waals surface area contributed by atoms with Gasteiger partial charge < -0.3 is 5.32 Å². The lowest BCUT2D eigenvalue weighted by Gasteiger charge is -2.11. The molecule has 28 heavy (non-hydrogen) atoms. The number of carbonyl (C=O) groups is 1. The minimum Gasteiger partial charge on any atom is -0.325 e. The van der Waals surface area contributed by atoms with Crippen molar-refractivity contribution in [3.05, 3.63) is 50.1 Å². The van der Waals surface area contributed by atoms with Crippen molar-refractivity contribution in [1.29, 1.82) is 0 Å². The predicted octanol–water partition coefficient (Wildman–Crippen LogP) is 4.22. The Balaban J connectivity index is 1.55. The summed E-state index contributed by atoms with van der Waals surface area (Å²) in [6.45, 7) is 3.97. The molecule has 2 heterocycles. The van der Waals surface area contributed by atoms with Gasteiger partial charge in [0.1, 0.15) is 4.83 Å². The van der Waals surface area contributed by atoms with Crippen molar-refractivity contribution in [2.45, 2.75) is 44.7 Å². The van der Waals surface area contributed by atoms with Gasteiger partial charge in [0.05, 0.1) is 11.1 Å². The Kier molecular flexibility index (Phi) is 5.29. The molecule has 0 saturated carbocycles. The number of aromatic nitrogens is 2. The third-order valence-electron chi connectivity index (χ3n) is 5.15. The highest BCUT2D eigenvalue weighted by Gasteiger charge is 2.21. The maximum Gasteiger partial charge on any atom is 0.262 e. The van der Waals surface area contributed by atoms with Crippen LogP contribution in [0.15, 0.2) is 28.2 Å². The van der Waals surface area contributed by atoms with Gasteiger partial charge >= 0.3 is 0 Å². The van der Waals surface area contributed by atoms with E-state index in [2.05, 4.69) is 5.32 Å². The number of carbonyl (C=O) groups excluding carboxylic acids is 1. The summed E-state index contributed by atoms with van der Waals surface area (Å²) in [7, 11) is 1.74. The Morgan fingerprint density at radius 3 is 2.89 bits per heavy atom. The number of rotatable bonds is 4. The highest BCUT2D eigenvalue weighted by Crippen LogP contribution is 2.34. The number of aryl methyl sites for hydroxylation is 4. The molecular weight excluding hydrogens is 390 g/mol. The van der Waals surface area contributed by atoms with Gasteiger partial charge in [-0.3, -0.25) is 14.2 Å². The molecule has 0 radical (unpaired) electrons. The van der Waals surface area contributed by atoms with E-state index in [0.717, 1.165) is 46.3 Å². The fourth-order valence-electron chi connectivity index (χ4n) is 3.58. The molecule has 1 aliphatic carbocycles. The smallest absolute Gasteiger partial charge is 0.262 e. The Labute approximate surface area is 172 Å². The Hall–Kier alpha value is -2.12. The van der Waals surface area contributed by atoms with Gasteiger partial charge in [0.25, 0.3) is 5.56 Å². The molecule has 1 aliphatic rings. The third kappa shape index (κ3) is 3.61. The van der Waals surface area contributed by atoms with Crippen molar-refractivity contribution in [1.82, 2.24) is 9.55 Å². The molecule has 5 nitrogen and oxygen atoms in total. The van der Waals surface area contributed by atoms with E-state index >= 15 is 0 Å². The van der Waals surface area contributed by atoms with Crippen LogP contribution in [0.25, 0.3) is 10.2 Å². The molecule has 1 N–H and O–H groups in total. The van der Waals surface area contributed by atoms with E-state index < -0.39 is 0 Å². The van der Waals surface area contributed by atoms with E-state index in [1.807, 2.05) is 32.0 Å². The number of fused-ring (bicyclic) bond motifs is 3. The average molecular weight is 414 g/mol. The standard InChI is InChI=1S/C21H23N3O2S2/c1-12-8-9-13(2)15(10-12)22-17(25)11-27-21-23-19-18(20(26)24(21)3)14-6-4-5-7-16(14)28-19/h8-10H,4-7,11H2,1-3H3,(H,22,25). The largest absolute Gasteiger partial charge is 0.325 e. The zero-order valence-corrected chi connectivity index (χ0v) is 17.9. The second kappa shape index (κ2) is 7.72. The second-order valence-corrected chi connectivity index (χ2v) is 9.33. The topological polar surface area (TPSA) is 64.0 Å². The van der Waals surface area contributed by atoms with Gasteiger partial charge in [-0.15, -0.1) is 11.3 Å². The number of thioether (sulfide) groups is 1. The Morgan fingerprint density at radius 1 is 1.29 bits per heavy atom. The van der Waals surface area contributed by atoms with E-state index in [-0.39, 0.29) is 17.2 Å². The van der Waals surface area contributed by atoms with E-state index in [9.17, 15) is 9.59 Å². The fourth-order valence-corrected chi connectivity index (χ4v) is 5.66. The van der Waals surface area contributed by atoms with Crippen molar-refractivity contribution in [3.63, 3.8) is 0 Å². The Morgan fingerprint density at radius 2 is 2.07 bits per heavy atom. The van der Waals surface area contributed by atoms with Gasteiger partial charge in [0.15, 0.2) is 5.16 Å². The van der Waals surface area contributed by atoms with E-state index in [0.29, 0.717) is 5.16 Å². The Bertz CT molecular complexity index is 1130. The van der Waals surface area contributed by atoms with Crippen molar-refractivity contribution in [3.8, 4) is 0 Å². The highest BCUT2D eigenvalue weighted by molar-refractivity contribution is 7.99. The quantitative estimate of drug-likeness (QED) is 0.514. The molecule has 0 spiro atoms. The first-order chi connectivity index (χ1) is 13.4. The van der Waals surface area contributed by atoms with Crippen LogP contribution in [0.4, 0.5) is 5.69 Å². The molecule has 3 aromatic rings. The summed E-state index contributed by atoms with van der Waals surface area (Å²) in [5, 5.41) is 4.33. The lowest BCUT2D eigenvalue weighted by atomic mass is 9.97. The van der Waals surface area contributed by atoms with Crippen molar-refractivity contribution < 1.29 is 4.79 Å². The normalized spacial score (nSPS) is 13.5. The van der Waals surface area contributed by atoms with Crippen molar-refractivity contribution >= 4 is 44.9 Å². The van der Waals surface area contributed by atoms with Crippen LogP contribution in [-0.4, -0.2) is 21.2 Å².